The quantitative estimate of drug-likeness (QED) is 0.119. The van der Waals surface area contributed by atoms with Crippen LogP contribution in [-0.4, -0.2) is 108 Å². The minimum atomic E-state index is -5.17. The Balaban J connectivity index is 1.25. The van der Waals surface area contributed by atoms with Crippen molar-refractivity contribution in [1.82, 2.24) is 39.0 Å². The summed E-state index contributed by atoms with van der Waals surface area (Å²) in [5, 5.41) is 22.5. The number of aliphatic hydroxyl groups excluding tert-OH is 2. The Morgan fingerprint density at radius 3 is 2.43 bits per heavy atom. The Bertz CT molecular complexity index is 2010. The highest BCUT2D eigenvalue weighted by atomic mass is 31.2. The van der Waals surface area contributed by atoms with Crippen molar-refractivity contribution in [3.8, 4) is 0 Å². The largest absolute Gasteiger partial charge is 0.472 e. The number of nitrogens with zero attached hydrogens (tertiary/aromatic N) is 7. The van der Waals surface area contributed by atoms with Gasteiger partial charge in [0.25, 0.3) is 5.56 Å². The van der Waals surface area contributed by atoms with Crippen LogP contribution in [0.4, 0.5) is 11.8 Å². The van der Waals surface area contributed by atoms with Crippen LogP contribution in [-0.2, 0) is 36.7 Å². The van der Waals surface area contributed by atoms with E-state index in [9.17, 15) is 33.9 Å². The first-order valence-corrected chi connectivity index (χ1v) is 16.9. The number of nitrogens with two attached hydrogens (primary N) is 2. The molecule has 0 aliphatic carbocycles. The third-order valence-electron chi connectivity index (χ3n) is 8.15. The molecule has 7 rings (SSSR count). The molecule has 0 spiro atoms. The summed E-state index contributed by atoms with van der Waals surface area (Å²) in [6, 6.07) is 0. The third-order valence-corrected chi connectivity index (χ3v) is 10.1. The second-order valence-corrected chi connectivity index (χ2v) is 13.7. The van der Waals surface area contributed by atoms with Crippen molar-refractivity contribution in [3.63, 3.8) is 0 Å². The van der Waals surface area contributed by atoms with E-state index in [1.807, 2.05) is 0 Å². The summed E-state index contributed by atoms with van der Waals surface area (Å²) >= 11 is 0. The van der Waals surface area contributed by atoms with E-state index in [2.05, 4.69) is 29.9 Å². The summed E-state index contributed by atoms with van der Waals surface area (Å²) in [5.74, 6) is -0.250. The number of phosphoric acid groups is 2. The van der Waals surface area contributed by atoms with Crippen LogP contribution in [0.25, 0.3) is 22.3 Å². The van der Waals surface area contributed by atoms with Crippen molar-refractivity contribution in [3.05, 3.63) is 29.3 Å². The minimum absolute atomic E-state index is 0.0345. The number of phosphoric ester groups is 2. The van der Waals surface area contributed by atoms with Gasteiger partial charge in [-0.15, -0.1) is 0 Å². The smallest absolute Gasteiger partial charge is 0.387 e. The molecule has 10 atom stereocenters. The zero-order chi connectivity index (χ0) is 33.5. The molecule has 25 heteroatoms. The van der Waals surface area contributed by atoms with Gasteiger partial charge < -0.3 is 40.9 Å². The van der Waals surface area contributed by atoms with Crippen LogP contribution in [0.15, 0.2) is 23.8 Å². The molecule has 4 aromatic rings. The lowest BCUT2D eigenvalue weighted by Crippen LogP contribution is -2.47. The van der Waals surface area contributed by atoms with Crippen LogP contribution in [0.2, 0.25) is 0 Å². The van der Waals surface area contributed by atoms with Gasteiger partial charge in [-0.3, -0.25) is 37.0 Å². The lowest BCUT2D eigenvalue weighted by molar-refractivity contribution is -0.129. The van der Waals surface area contributed by atoms with Crippen LogP contribution >= 0.6 is 15.6 Å². The average molecular weight is 702 g/mol. The van der Waals surface area contributed by atoms with E-state index in [1.54, 1.807) is 6.92 Å². The van der Waals surface area contributed by atoms with E-state index in [1.165, 1.54) is 10.9 Å². The predicted octanol–water partition coefficient (Wildman–Crippen LogP) is -1.56. The maximum atomic E-state index is 13.4. The van der Waals surface area contributed by atoms with Crippen molar-refractivity contribution in [2.45, 2.75) is 61.9 Å². The monoisotopic (exact) mass is 702 g/mol. The SMILES string of the molecule is CC[C@@]12COP(=O)(O)O[C@@H]3[C@H](O)[C@@H](COP(=O)(O)O[C@H]1[C@@H](O)[C@H](n1cnc4c(N)ncnc41)O2)O[C@H]3n1cnc2c(=O)[nH]c(N)nc21. The summed E-state index contributed by atoms with van der Waals surface area (Å²) < 4.78 is 62.5. The van der Waals surface area contributed by atoms with Gasteiger partial charge in [-0.1, -0.05) is 6.92 Å². The van der Waals surface area contributed by atoms with Crippen molar-refractivity contribution in [2.75, 3.05) is 24.7 Å². The van der Waals surface area contributed by atoms with Crippen LogP contribution in [0.3, 0.4) is 0 Å². The van der Waals surface area contributed by atoms with Gasteiger partial charge in [0.05, 0.1) is 25.9 Å². The van der Waals surface area contributed by atoms with Crippen LogP contribution in [0, 0.1) is 0 Å². The van der Waals surface area contributed by atoms with E-state index in [0.29, 0.717) is 0 Å². The number of fused-ring (bicyclic) bond motifs is 5. The van der Waals surface area contributed by atoms with E-state index in [0.717, 1.165) is 17.2 Å². The van der Waals surface area contributed by atoms with Gasteiger partial charge in [-0.25, -0.2) is 29.1 Å². The number of anilines is 2. The number of ether oxygens (including phenoxy) is 2. The molecule has 0 aromatic carbocycles. The molecule has 254 valence electrons. The number of nitrogens with one attached hydrogen (secondary N) is 1. The number of hydrogen-bond acceptors (Lipinski definition) is 18. The number of H-pyrrole nitrogens is 1. The first-order chi connectivity index (χ1) is 22.2. The van der Waals surface area contributed by atoms with Gasteiger partial charge in [0.1, 0.15) is 48.0 Å². The number of hydrogen-bond donors (Lipinski definition) is 7. The second-order valence-electron chi connectivity index (χ2n) is 10.9. The fraction of sp³-hybridized carbons (Fsp3) is 0.545. The molecule has 3 aliphatic heterocycles. The fourth-order valence-corrected chi connectivity index (χ4v) is 7.80. The molecular formula is C22H28N10O13P2. The number of aliphatic hydroxyl groups is 2. The Morgan fingerprint density at radius 2 is 1.68 bits per heavy atom. The average Bonchev–Trinajstić information content (AvgIpc) is 3.76. The summed E-state index contributed by atoms with van der Waals surface area (Å²) in [6.07, 6.45) is -7.95. The molecule has 0 radical (unpaired) electrons. The number of aromatic amines is 1. The Labute approximate surface area is 261 Å². The van der Waals surface area contributed by atoms with E-state index >= 15 is 0 Å². The third kappa shape index (κ3) is 5.43. The molecule has 23 nitrogen and oxygen atoms in total. The van der Waals surface area contributed by atoms with Crippen LogP contribution < -0.4 is 17.0 Å². The van der Waals surface area contributed by atoms with Crippen molar-refractivity contribution in [1.29, 1.82) is 0 Å². The molecule has 4 aromatic heterocycles. The molecule has 0 amide bonds. The molecule has 9 N–H and O–H groups in total. The van der Waals surface area contributed by atoms with Crippen LogP contribution in [0.5, 0.6) is 0 Å². The topological polar surface area (TPSA) is 330 Å². The summed E-state index contributed by atoms with van der Waals surface area (Å²) in [4.78, 5) is 56.4. The van der Waals surface area contributed by atoms with Gasteiger partial charge in [-0.2, -0.15) is 4.98 Å². The van der Waals surface area contributed by atoms with Crippen molar-refractivity contribution >= 4 is 49.7 Å². The number of rotatable bonds is 3. The second kappa shape index (κ2) is 11.3. The molecule has 2 bridgehead atoms. The highest BCUT2D eigenvalue weighted by Gasteiger charge is 2.60. The molecule has 2 unspecified atom stereocenters. The molecule has 7 heterocycles. The number of aromatic nitrogens is 8. The highest BCUT2D eigenvalue weighted by Crippen LogP contribution is 2.56. The minimum Gasteiger partial charge on any atom is -0.387 e. The van der Waals surface area contributed by atoms with Gasteiger partial charge in [0, 0.05) is 0 Å². The molecule has 47 heavy (non-hydrogen) atoms. The predicted molar refractivity (Wildman–Crippen MR) is 153 cm³/mol. The fourth-order valence-electron chi connectivity index (χ4n) is 5.82. The maximum absolute atomic E-state index is 13.4. The summed E-state index contributed by atoms with van der Waals surface area (Å²) in [6.45, 7) is -0.122. The van der Waals surface area contributed by atoms with Gasteiger partial charge >= 0.3 is 15.6 Å². The first-order valence-electron chi connectivity index (χ1n) is 13.9. The van der Waals surface area contributed by atoms with Crippen molar-refractivity contribution in [2.24, 2.45) is 0 Å². The van der Waals surface area contributed by atoms with E-state index < -0.39 is 83.0 Å². The number of nitrogen functional groups attached to an aromatic ring is 2. The zero-order valence-corrected chi connectivity index (χ0v) is 25.8. The van der Waals surface area contributed by atoms with E-state index in [-0.39, 0.29) is 40.5 Å². The van der Waals surface area contributed by atoms with Gasteiger partial charge in [-0.05, 0) is 6.42 Å². The summed E-state index contributed by atoms with van der Waals surface area (Å²) in [7, 11) is -10.3. The highest BCUT2D eigenvalue weighted by molar-refractivity contribution is 7.47. The normalized spacial score (nSPS) is 38.2. The molecule has 3 saturated heterocycles. The molecular weight excluding hydrogens is 674 g/mol. The summed E-state index contributed by atoms with van der Waals surface area (Å²) in [5.41, 5.74) is 8.99. The Hall–Kier alpha value is -3.44. The first kappa shape index (κ1) is 32.1. The van der Waals surface area contributed by atoms with Gasteiger partial charge in [0.2, 0.25) is 5.95 Å². The maximum Gasteiger partial charge on any atom is 0.472 e. The Kier molecular flexibility index (Phi) is 7.74. The zero-order valence-electron chi connectivity index (χ0n) is 24.0. The standard InChI is InChI=1S/C22H28N10O13P2/c1-2-22-4-41-47(38,39)44-13-11(33)8(42-20(13)32-7-28-10-17(32)29-21(24)30-18(10)35)3-40-46(36,37)45-14(22)12(34)19(43-22)31-6-27-9-15(23)25-5-26-16(9)31/h5-8,11-14,19-20,33-34H,2-4H2,1H3,(H,36,37)(H,38,39)(H2,23,25,26)(H3,24,29,30,35)/t8-,11-,12-,13-,14+,19-,20-,22-/m1/s1. The lowest BCUT2D eigenvalue weighted by atomic mass is 9.93. The Morgan fingerprint density at radius 1 is 0.979 bits per heavy atom. The van der Waals surface area contributed by atoms with Crippen LogP contribution in [0.1, 0.15) is 25.8 Å². The molecule has 3 aliphatic rings. The lowest BCUT2D eigenvalue weighted by Gasteiger charge is -2.34. The van der Waals surface area contributed by atoms with Gasteiger partial charge in [0.15, 0.2) is 35.1 Å². The molecule has 0 saturated carbocycles. The molecule has 3 fully saturated rings. The number of imidazole rings is 2. The van der Waals surface area contributed by atoms with E-state index in [4.69, 9.17) is 39.0 Å². The van der Waals surface area contributed by atoms with Crippen molar-refractivity contribution < 1.29 is 56.7 Å².